The van der Waals surface area contributed by atoms with Gasteiger partial charge in [0.25, 0.3) is 11.8 Å². The smallest absolute Gasteiger partial charge is 0.409 e. The van der Waals surface area contributed by atoms with E-state index in [9.17, 15) is 29.1 Å². The van der Waals surface area contributed by atoms with Crippen molar-refractivity contribution < 1.29 is 38.6 Å². The van der Waals surface area contributed by atoms with Gasteiger partial charge in [0.1, 0.15) is 17.5 Å². The number of fused-ring (bicyclic) bond motifs is 1. The van der Waals surface area contributed by atoms with Crippen molar-refractivity contribution in [3.8, 4) is 5.75 Å². The molecule has 2 unspecified atom stereocenters. The highest BCUT2D eigenvalue weighted by atomic mass is 16.6. The fourth-order valence-corrected chi connectivity index (χ4v) is 6.25. The first kappa shape index (κ1) is 34.1. The van der Waals surface area contributed by atoms with Crippen molar-refractivity contribution in [1.29, 1.82) is 0 Å². The second-order valence-electron chi connectivity index (χ2n) is 11.9. The number of carbonyl (C=O) groups excluding carboxylic acids is 4. The molecule has 0 spiro atoms. The van der Waals surface area contributed by atoms with E-state index in [2.05, 4.69) is 10.3 Å². The van der Waals surface area contributed by atoms with Crippen LogP contribution in [0.15, 0.2) is 54.6 Å². The maximum Gasteiger partial charge on any atom is 0.409 e. The summed E-state index contributed by atoms with van der Waals surface area (Å²) in [6, 6.07) is 15.3. The molecular weight excluding hydrogens is 618 g/mol. The molecule has 2 aliphatic heterocycles. The topological polar surface area (TPSA) is 159 Å². The molecule has 3 aromatic rings. The first-order valence-electron chi connectivity index (χ1n) is 16.3. The van der Waals surface area contributed by atoms with Crippen LogP contribution in [-0.2, 0) is 19.1 Å². The Bertz CT molecular complexity index is 1670. The van der Waals surface area contributed by atoms with Gasteiger partial charge in [0.05, 0.1) is 18.2 Å². The Morgan fingerprint density at radius 2 is 1.69 bits per heavy atom. The minimum atomic E-state index is -1.14. The van der Waals surface area contributed by atoms with Crippen molar-refractivity contribution in [1.82, 2.24) is 25.0 Å². The third kappa shape index (κ3) is 8.01. The van der Waals surface area contributed by atoms with E-state index < -0.39 is 29.9 Å². The fraction of sp³-hybridized carbons (Fsp3) is 0.429. The number of likely N-dealkylation sites (tertiary alicyclic amines) is 1. The van der Waals surface area contributed by atoms with Gasteiger partial charge in [-0.3, -0.25) is 19.2 Å². The van der Waals surface area contributed by atoms with Crippen LogP contribution in [0.1, 0.15) is 60.3 Å². The lowest BCUT2D eigenvalue weighted by molar-refractivity contribution is -0.138. The molecule has 0 bridgehead atoms. The standard InChI is InChI=1S/C35H41N5O8/c1-3-47-35(46)39-19-17-38(18-20-39)34(45)27(14-15-32(42)43)37-33(44)28-21-30(25-11-6-7-12-26(25)36-28)48-22-31(41)40-16-8-13-29(40)24-10-5-4-9-23(24)2/h4-7,9-12,21,27,29H,3,8,13-20,22H2,1-2H3,(H,37,44)(H,42,43). The molecule has 2 fully saturated rings. The molecule has 2 aliphatic rings. The van der Waals surface area contributed by atoms with E-state index in [4.69, 9.17) is 9.47 Å². The van der Waals surface area contributed by atoms with Crippen molar-refractivity contribution >= 4 is 40.7 Å². The number of para-hydroxylation sites is 1. The molecule has 48 heavy (non-hydrogen) atoms. The van der Waals surface area contributed by atoms with Crippen LogP contribution in [0, 0.1) is 6.92 Å². The van der Waals surface area contributed by atoms with E-state index in [1.807, 2.05) is 36.1 Å². The number of ether oxygens (including phenoxy) is 2. The number of aryl methyl sites for hydroxylation is 1. The number of nitrogens with zero attached hydrogens (tertiary/aromatic N) is 4. The molecule has 2 atom stereocenters. The van der Waals surface area contributed by atoms with Gasteiger partial charge in [-0.1, -0.05) is 36.4 Å². The summed E-state index contributed by atoms with van der Waals surface area (Å²) in [5, 5.41) is 12.6. The Hall–Kier alpha value is -5.20. The van der Waals surface area contributed by atoms with Gasteiger partial charge in [-0.25, -0.2) is 9.78 Å². The number of hydrogen-bond acceptors (Lipinski definition) is 8. The Morgan fingerprint density at radius 1 is 0.979 bits per heavy atom. The summed E-state index contributed by atoms with van der Waals surface area (Å²) >= 11 is 0. The van der Waals surface area contributed by atoms with Gasteiger partial charge in [0.15, 0.2) is 6.61 Å². The monoisotopic (exact) mass is 659 g/mol. The Kier molecular flexibility index (Phi) is 11.1. The highest BCUT2D eigenvalue weighted by molar-refractivity contribution is 5.99. The predicted molar refractivity (Wildman–Crippen MR) is 175 cm³/mol. The molecule has 2 aromatic carbocycles. The highest BCUT2D eigenvalue weighted by Gasteiger charge is 2.33. The molecule has 254 valence electrons. The van der Waals surface area contributed by atoms with Crippen LogP contribution in [0.5, 0.6) is 5.75 Å². The summed E-state index contributed by atoms with van der Waals surface area (Å²) in [5.41, 5.74) is 2.65. The molecule has 2 N–H and O–H groups in total. The zero-order valence-corrected chi connectivity index (χ0v) is 27.2. The number of amides is 4. The Morgan fingerprint density at radius 3 is 2.42 bits per heavy atom. The first-order chi connectivity index (χ1) is 23.2. The predicted octanol–water partition coefficient (Wildman–Crippen LogP) is 3.55. The molecular formula is C35H41N5O8. The third-order valence-electron chi connectivity index (χ3n) is 8.75. The van der Waals surface area contributed by atoms with E-state index in [1.54, 1.807) is 31.2 Å². The Labute approximate surface area is 278 Å². The minimum Gasteiger partial charge on any atom is -0.483 e. The molecule has 0 radical (unpaired) electrons. The van der Waals surface area contributed by atoms with Crippen molar-refractivity contribution in [3.63, 3.8) is 0 Å². The number of aromatic nitrogens is 1. The van der Waals surface area contributed by atoms with Crippen LogP contribution in [0.2, 0.25) is 0 Å². The van der Waals surface area contributed by atoms with Crippen LogP contribution in [0.4, 0.5) is 4.79 Å². The molecule has 0 saturated carbocycles. The van der Waals surface area contributed by atoms with E-state index in [1.165, 1.54) is 15.9 Å². The summed E-state index contributed by atoms with van der Waals surface area (Å²) < 4.78 is 11.1. The van der Waals surface area contributed by atoms with Crippen molar-refractivity contribution in [2.45, 2.75) is 51.6 Å². The number of nitrogens with one attached hydrogen (secondary N) is 1. The minimum absolute atomic E-state index is 0.0359. The Balaban J connectivity index is 1.30. The molecule has 0 aliphatic carbocycles. The number of rotatable bonds is 11. The van der Waals surface area contributed by atoms with Gasteiger partial charge in [-0.15, -0.1) is 0 Å². The van der Waals surface area contributed by atoms with E-state index in [0.29, 0.717) is 17.4 Å². The molecule has 13 nitrogen and oxygen atoms in total. The van der Waals surface area contributed by atoms with Crippen LogP contribution >= 0.6 is 0 Å². The number of carbonyl (C=O) groups is 5. The number of benzene rings is 2. The third-order valence-corrected chi connectivity index (χ3v) is 8.75. The first-order valence-corrected chi connectivity index (χ1v) is 16.3. The average molecular weight is 660 g/mol. The van der Waals surface area contributed by atoms with Gasteiger partial charge < -0.3 is 34.6 Å². The number of aliphatic carboxylic acids is 1. The quantitative estimate of drug-likeness (QED) is 0.314. The summed E-state index contributed by atoms with van der Waals surface area (Å²) in [4.78, 5) is 73.3. The van der Waals surface area contributed by atoms with Crippen LogP contribution in [-0.4, -0.2) is 107 Å². The largest absolute Gasteiger partial charge is 0.483 e. The second kappa shape index (κ2) is 15.6. The molecule has 1 aromatic heterocycles. The van der Waals surface area contributed by atoms with Crippen molar-refractivity contribution in [2.75, 3.05) is 45.9 Å². The SMILES string of the molecule is CCOC(=O)N1CCN(C(=O)C(CCC(=O)O)NC(=O)c2cc(OCC(=O)N3CCCC3c3ccccc3C)c3ccccc3n2)CC1. The summed E-state index contributed by atoms with van der Waals surface area (Å²) in [6.07, 6.45) is 0.800. The highest BCUT2D eigenvalue weighted by Crippen LogP contribution is 2.34. The second-order valence-corrected chi connectivity index (χ2v) is 11.9. The number of carboxylic acid groups (broad SMARTS) is 1. The number of hydrogen-bond donors (Lipinski definition) is 2. The number of carboxylic acids is 1. The zero-order chi connectivity index (χ0) is 34.2. The van der Waals surface area contributed by atoms with Crippen molar-refractivity contribution in [2.24, 2.45) is 0 Å². The van der Waals surface area contributed by atoms with Crippen LogP contribution in [0.25, 0.3) is 10.9 Å². The average Bonchev–Trinajstić information content (AvgIpc) is 3.58. The van der Waals surface area contributed by atoms with E-state index in [-0.39, 0.29) is 75.6 Å². The van der Waals surface area contributed by atoms with Gasteiger partial charge >= 0.3 is 12.1 Å². The summed E-state index contributed by atoms with van der Waals surface area (Å²) in [6.45, 7) is 5.28. The van der Waals surface area contributed by atoms with Crippen molar-refractivity contribution in [3.05, 3.63) is 71.4 Å². The number of pyridine rings is 1. The molecule has 2 saturated heterocycles. The fourth-order valence-electron chi connectivity index (χ4n) is 6.25. The lowest BCUT2D eigenvalue weighted by atomic mass is 9.99. The summed E-state index contributed by atoms with van der Waals surface area (Å²) in [7, 11) is 0. The van der Waals surface area contributed by atoms with Gasteiger partial charge in [-0.05, 0) is 56.4 Å². The van der Waals surface area contributed by atoms with E-state index >= 15 is 0 Å². The zero-order valence-electron chi connectivity index (χ0n) is 27.2. The molecule has 13 heteroatoms. The molecule has 3 heterocycles. The number of piperazine rings is 1. The molecule has 5 rings (SSSR count). The van der Waals surface area contributed by atoms with Crippen LogP contribution in [0.3, 0.4) is 0 Å². The maximum absolute atomic E-state index is 13.6. The van der Waals surface area contributed by atoms with Gasteiger partial charge in [-0.2, -0.15) is 0 Å². The summed E-state index contributed by atoms with van der Waals surface area (Å²) in [5.74, 6) is -2.14. The normalized spacial score (nSPS) is 16.8. The molecule has 4 amide bonds. The maximum atomic E-state index is 13.6. The van der Waals surface area contributed by atoms with E-state index in [0.717, 1.165) is 24.0 Å². The van der Waals surface area contributed by atoms with Gasteiger partial charge in [0, 0.05) is 50.6 Å². The lowest BCUT2D eigenvalue weighted by Crippen LogP contribution is -2.56. The van der Waals surface area contributed by atoms with Crippen LogP contribution < -0.4 is 10.1 Å². The van der Waals surface area contributed by atoms with Gasteiger partial charge in [0.2, 0.25) is 5.91 Å². The lowest BCUT2D eigenvalue weighted by Gasteiger charge is -2.35.